The lowest BCUT2D eigenvalue weighted by Gasteiger charge is -2.39. The van der Waals surface area contributed by atoms with Gasteiger partial charge >= 0.3 is 0 Å². The number of hydrogen-bond donors (Lipinski definition) is 0. The lowest BCUT2D eigenvalue weighted by molar-refractivity contribution is -0.913. The third-order valence-corrected chi connectivity index (χ3v) is 11.5. The average Bonchev–Trinajstić information content (AvgIpc) is 3.05. The molecule has 0 aromatic heterocycles. The molecule has 1 aliphatic rings. The van der Waals surface area contributed by atoms with Gasteiger partial charge in [0.1, 0.15) is 0 Å². The summed E-state index contributed by atoms with van der Waals surface area (Å²) >= 11 is 0. The summed E-state index contributed by atoms with van der Waals surface area (Å²) in [6.45, 7) is 9.02. The van der Waals surface area contributed by atoms with Crippen LogP contribution in [0.25, 0.3) is 0 Å². The monoisotopic (exact) mass is 633 g/mol. The Hall–Kier alpha value is -0.0400. The van der Waals surface area contributed by atoms with Crippen LogP contribution in [0.4, 0.5) is 0 Å². The highest BCUT2D eigenvalue weighted by atomic mass is 15.3. The Labute approximate surface area is 287 Å². The molecule has 0 amide bonds. The fraction of sp³-hybridized carbons (Fsp3) is 1.00. The van der Waals surface area contributed by atoms with Crippen LogP contribution in [0.3, 0.4) is 0 Å². The van der Waals surface area contributed by atoms with Gasteiger partial charge in [-0.2, -0.15) is 0 Å². The van der Waals surface area contributed by atoms with E-state index in [1.165, 1.54) is 262 Å². The maximum absolute atomic E-state index is 2.64. The minimum Gasteiger partial charge on any atom is -0.326 e. The lowest BCUT2D eigenvalue weighted by Crippen LogP contribution is -2.49. The number of hydrogen-bond acceptors (Lipinski definition) is 0. The highest BCUT2D eigenvalue weighted by molar-refractivity contribution is 4.66. The van der Waals surface area contributed by atoms with Gasteiger partial charge in [-0.3, -0.25) is 0 Å². The smallest absolute Gasteiger partial charge is 0.0813 e. The Morgan fingerprint density at radius 1 is 0.333 bits per heavy atom. The minimum absolute atomic E-state index is 1.02. The number of quaternary nitrogens is 1. The molecule has 1 aliphatic carbocycles. The van der Waals surface area contributed by atoms with Crippen LogP contribution in [-0.4, -0.2) is 31.2 Å². The maximum Gasteiger partial charge on any atom is 0.0813 e. The van der Waals surface area contributed by atoms with E-state index in [4.69, 9.17) is 0 Å². The van der Waals surface area contributed by atoms with Crippen LogP contribution in [0.15, 0.2) is 0 Å². The molecule has 0 N–H and O–H groups in total. The summed E-state index contributed by atoms with van der Waals surface area (Å²) in [4.78, 5) is 0. The van der Waals surface area contributed by atoms with E-state index in [0.29, 0.717) is 0 Å². The molecule has 0 bridgehead atoms. The Kier molecular flexibility index (Phi) is 32.3. The average molecular weight is 633 g/mol. The van der Waals surface area contributed by atoms with Gasteiger partial charge in [0.2, 0.25) is 0 Å². The summed E-state index contributed by atoms with van der Waals surface area (Å²) in [5.74, 6) is 1.02. The van der Waals surface area contributed by atoms with E-state index in [1.807, 2.05) is 0 Å². The van der Waals surface area contributed by atoms with Gasteiger partial charge in [0.05, 0.1) is 26.7 Å². The van der Waals surface area contributed by atoms with Gasteiger partial charge in [-0.15, -0.1) is 0 Å². The molecule has 0 spiro atoms. The van der Waals surface area contributed by atoms with Crippen molar-refractivity contribution in [2.45, 2.75) is 251 Å². The van der Waals surface area contributed by atoms with Crippen molar-refractivity contribution < 1.29 is 4.48 Å². The first-order valence-electron chi connectivity index (χ1n) is 22.0. The Morgan fingerprint density at radius 2 is 0.578 bits per heavy atom. The molecule has 45 heavy (non-hydrogen) atoms. The predicted molar refractivity (Wildman–Crippen MR) is 206 cm³/mol. The van der Waals surface area contributed by atoms with E-state index >= 15 is 0 Å². The Bertz CT molecular complexity index is 513. The molecular weight excluding hydrogens is 542 g/mol. The van der Waals surface area contributed by atoms with Crippen molar-refractivity contribution >= 4 is 0 Å². The quantitative estimate of drug-likeness (QED) is 0.0476. The Morgan fingerprint density at radius 3 is 0.844 bits per heavy atom. The van der Waals surface area contributed by atoms with Crippen LogP contribution in [0, 0.1) is 5.92 Å². The molecule has 1 saturated carbocycles. The first-order valence-corrected chi connectivity index (χ1v) is 22.0. The van der Waals surface area contributed by atoms with Gasteiger partial charge in [0.25, 0.3) is 0 Å². The van der Waals surface area contributed by atoms with Crippen molar-refractivity contribution in [3.05, 3.63) is 0 Å². The SMILES string of the molecule is CCCCCCCCCCCCCCCCCC[N+](C)(CCCCCCCCCCCCCCCCCC)CC1CCCCC1. The molecule has 1 heteroatoms. The molecule has 1 fully saturated rings. The first kappa shape index (κ1) is 43.0. The number of rotatable bonds is 36. The van der Waals surface area contributed by atoms with Crippen molar-refractivity contribution in [2.75, 3.05) is 26.7 Å². The third-order valence-electron chi connectivity index (χ3n) is 11.5. The summed E-state index contributed by atoms with van der Waals surface area (Å²) in [7, 11) is 2.64. The van der Waals surface area contributed by atoms with Gasteiger partial charge in [0.15, 0.2) is 0 Å². The van der Waals surface area contributed by atoms with Crippen molar-refractivity contribution in [2.24, 2.45) is 5.92 Å². The lowest BCUT2D eigenvalue weighted by atomic mass is 9.88. The van der Waals surface area contributed by atoms with Crippen LogP contribution in [0.1, 0.15) is 251 Å². The van der Waals surface area contributed by atoms with Crippen LogP contribution in [0.5, 0.6) is 0 Å². The van der Waals surface area contributed by atoms with E-state index in [2.05, 4.69) is 20.9 Å². The second kappa shape index (κ2) is 33.8. The van der Waals surface area contributed by atoms with Crippen LogP contribution in [0.2, 0.25) is 0 Å². The minimum atomic E-state index is 1.02. The van der Waals surface area contributed by atoms with Gasteiger partial charge in [-0.25, -0.2) is 0 Å². The zero-order valence-corrected chi connectivity index (χ0v) is 32.3. The molecule has 0 aromatic carbocycles. The molecule has 0 radical (unpaired) electrons. The molecule has 1 rings (SSSR count). The van der Waals surface area contributed by atoms with Gasteiger partial charge in [0, 0.05) is 5.92 Å². The molecule has 270 valence electrons. The molecule has 0 saturated heterocycles. The molecule has 0 aromatic rings. The second-order valence-corrected chi connectivity index (χ2v) is 16.4. The molecular formula is C44H90N+. The Balaban J connectivity index is 2.03. The van der Waals surface area contributed by atoms with E-state index in [9.17, 15) is 0 Å². The van der Waals surface area contributed by atoms with Crippen molar-refractivity contribution in [1.82, 2.24) is 0 Å². The summed E-state index contributed by atoms with van der Waals surface area (Å²) in [6, 6.07) is 0. The van der Waals surface area contributed by atoms with Crippen LogP contribution >= 0.6 is 0 Å². The van der Waals surface area contributed by atoms with E-state index in [0.717, 1.165) is 5.92 Å². The topological polar surface area (TPSA) is 0 Å². The molecule has 0 atom stereocenters. The maximum atomic E-state index is 2.64. The fourth-order valence-electron chi connectivity index (χ4n) is 8.37. The molecule has 0 unspecified atom stereocenters. The molecule has 0 aliphatic heterocycles. The number of unbranched alkanes of at least 4 members (excludes halogenated alkanes) is 30. The van der Waals surface area contributed by atoms with Gasteiger partial charge in [-0.1, -0.05) is 213 Å². The van der Waals surface area contributed by atoms with Crippen molar-refractivity contribution in [3.63, 3.8) is 0 Å². The zero-order valence-electron chi connectivity index (χ0n) is 32.3. The largest absolute Gasteiger partial charge is 0.326 e. The van der Waals surface area contributed by atoms with Crippen LogP contribution in [-0.2, 0) is 0 Å². The molecule has 1 nitrogen and oxygen atoms in total. The van der Waals surface area contributed by atoms with E-state index in [-0.39, 0.29) is 0 Å². The summed E-state index contributed by atoms with van der Waals surface area (Å²) < 4.78 is 1.39. The highest BCUT2D eigenvalue weighted by Crippen LogP contribution is 2.27. The standard InChI is InChI=1S/C44H90N/c1-4-6-8-10-12-14-16-18-20-22-24-26-28-30-32-37-41-45(3,43-44-39-35-34-36-40-44)42-38-33-31-29-27-25-23-21-19-17-15-13-11-9-7-5-2/h44H,4-43H2,1-3H3/q+1. The van der Waals surface area contributed by atoms with Crippen molar-refractivity contribution in [1.29, 1.82) is 0 Å². The van der Waals surface area contributed by atoms with E-state index in [1.54, 1.807) is 0 Å². The number of nitrogens with zero attached hydrogens (tertiary/aromatic N) is 1. The summed E-state index contributed by atoms with van der Waals surface area (Å²) in [5, 5.41) is 0. The van der Waals surface area contributed by atoms with Gasteiger partial charge in [-0.05, 0) is 38.5 Å². The summed E-state index contributed by atoms with van der Waals surface area (Å²) in [5.41, 5.74) is 0. The van der Waals surface area contributed by atoms with Gasteiger partial charge < -0.3 is 4.48 Å². The first-order chi connectivity index (χ1) is 22.2. The normalized spacial score (nSPS) is 14.5. The highest BCUT2D eigenvalue weighted by Gasteiger charge is 2.27. The third kappa shape index (κ3) is 29.8. The van der Waals surface area contributed by atoms with Crippen LogP contribution < -0.4 is 0 Å². The predicted octanol–water partition coefficient (Wildman–Crippen LogP) is 15.5. The zero-order chi connectivity index (χ0) is 32.4. The fourth-order valence-corrected chi connectivity index (χ4v) is 8.37. The summed E-state index contributed by atoms with van der Waals surface area (Å²) in [6.07, 6.45) is 54.8. The molecule has 0 heterocycles. The van der Waals surface area contributed by atoms with E-state index < -0.39 is 0 Å². The van der Waals surface area contributed by atoms with Crippen molar-refractivity contribution in [3.8, 4) is 0 Å². The second-order valence-electron chi connectivity index (χ2n) is 16.4.